The highest BCUT2D eigenvalue weighted by molar-refractivity contribution is 7.80. The van der Waals surface area contributed by atoms with Crippen molar-refractivity contribution in [2.24, 2.45) is 5.10 Å². The van der Waals surface area contributed by atoms with E-state index >= 15 is 0 Å². The Morgan fingerprint density at radius 3 is 2.62 bits per heavy atom. The quantitative estimate of drug-likeness (QED) is 0.312. The first kappa shape index (κ1) is 21.0. The largest absolute Gasteiger partial charge is 0.331 e. The third kappa shape index (κ3) is 4.66. The van der Waals surface area contributed by atoms with Gasteiger partial charge in [-0.05, 0) is 81.4 Å². The predicted octanol–water partition coefficient (Wildman–Crippen LogP) is 5.82. The second-order valence-corrected chi connectivity index (χ2v) is 7.65. The Morgan fingerprint density at radius 1 is 1.14 bits per heavy atom. The van der Waals surface area contributed by atoms with Crippen LogP contribution in [0.15, 0.2) is 47.6 Å². The Labute approximate surface area is 180 Å². The van der Waals surface area contributed by atoms with E-state index in [1.807, 2.05) is 43.5 Å². The van der Waals surface area contributed by atoms with Crippen LogP contribution in [0, 0.1) is 33.5 Å². The lowest BCUT2D eigenvalue weighted by atomic mass is 10.1. The molecule has 0 amide bonds. The zero-order chi connectivity index (χ0) is 21.1. The first-order chi connectivity index (χ1) is 13.8. The predicted molar refractivity (Wildman–Crippen MR) is 123 cm³/mol. The standard InChI is InChI=1S/C22H22ClFN4S/c1-13-6-5-7-21(15(13)3)26-22(29)27-25-12-17-10-14(2)28(16(17)4)18-8-9-20(24)19(23)11-18/h5-12H,1-4H3,(H2,26,27,29)/b25-12-. The average Bonchev–Trinajstić information content (AvgIpc) is 2.95. The molecule has 0 unspecified atom stereocenters. The lowest BCUT2D eigenvalue weighted by Gasteiger charge is -2.11. The van der Waals surface area contributed by atoms with Crippen molar-refractivity contribution in [3.63, 3.8) is 0 Å². The first-order valence-corrected chi connectivity index (χ1v) is 9.87. The molecule has 0 fully saturated rings. The molecule has 3 rings (SSSR count). The molecule has 0 spiro atoms. The van der Waals surface area contributed by atoms with Crippen LogP contribution in [0.2, 0.25) is 5.02 Å². The molecule has 0 aliphatic carbocycles. The summed E-state index contributed by atoms with van der Waals surface area (Å²) in [5, 5.41) is 7.91. The molecular formula is C22H22ClFN4S. The Balaban J connectivity index is 1.73. The van der Waals surface area contributed by atoms with Gasteiger partial charge in [0.15, 0.2) is 5.11 Å². The molecule has 1 heterocycles. The molecule has 0 aliphatic rings. The number of aromatic nitrogens is 1. The normalized spacial score (nSPS) is 11.1. The van der Waals surface area contributed by atoms with Crippen LogP contribution >= 0.6 is 23.8 Å². The van der Waals surface area contributed by atoms with E-state index in [2.05, 4.69) is 28.8 Å². The Hall–Kier alpha value is -2.70. The van der Waals surface area contributed by atoms with Gasteiger partial charge in [0, 0.05) is 28.3 Å². The molecule has 0 radical (unpaired) electrons. The zero-order valence-electron chi connectivity index (χ0n) is 16.7. The van der Waals surface area contributed by atoms with Crippen molar-refractivity contribution in [1.82, 2.24) is 9.99 Å². The number of halogens is 2. The molecule has 2 N–H and O–H groups in total. The van der Waals surface area contributed by atoms with Gasteiger partial charge in [0.05, 0.1) is 11.2 Å². The van der Waals surface area contributed by atoms with Crippen LogP contribution in [0.4, 0.5) is 10.1 Å². The van der Waals surface area contributed by atoms with Crippen molar-refractivity contribution in [2.75, 3.05) is 5.32 Å². The molecule has 0 saturated heterocycles. The number of rotatable bonds is 4. The van der Waals surface area contributed by atoms with Crippen LogP contribution in [0.25, 0.3) is 5.69 Å². The van der Waals surface area contributed by atoms with E-state index in [1.165, 1.54) is 11.6 Å². The van der Waals surface area contributed by atoms with Crippen molar-refractivity contribution < 1.29 is 4.39 Å². The number of hydrazone groups is 1. The maximum absolute atomic E-state index is 13.5. The second-order valence-electron chi connectivity index (χ2n) is 6.83. The van der Waals surface area contributed by atoms with Crippen molar-refractivity contribution in [3.05, 3.63) is 81.4 Å². The summed E-state index contributed by atoms with van der Waals surface area (Å²) in [5.41, 5.74) is 9.80. The molecule has 0 atom stereocenters. The van der Waals surface area contributed by atoms with E-state index in [4.69, 9.17) is 23.8 Å². The van der Waals surface area contributed by atoms with E-state index in [1.54, 1.807) is 18.3 Å². The second kappa shape index (κ2) is 8.76. The minimum Gasteiger partial charge on any atom is -0.331 e. The minimum atomic E-state index is -0.436. The number of nitrogens with one attached hydrogen (secondary N) is 2. The highest BCUT2D eigenvalue weighted by Crippen LogP contribution is 2.24. The van der Waals surface area contributed by atoms with Crippen molar-refractivity contribution >= 4 is 40.8 Å². The number of benzene rings is 2. The van der Waals surface area contributed by atoms with E-state index in [9.17, 15) is 4.39 Å². The van der Waals surface area contributed by atoms with Crippen LogP contribution in [0.5, 0.6) is 0 Å². The van der Waals surface area contributed by atoms with Gasteiger partial charge in [-0.1, -0.05) is 23.7 Å². The molecular weight excluding hydrogens is 407 g/mol. The van der Waals surface area contributed by atoms with Crippen molar-refractivity contribution in [1.29, 1.82) is 0 Å². The Kier molecular flexibility index (Phi) is 6.35. The van der Waals surface area contributed by atoms with Gasteiger partial charge in [-0.15, -0.1) is 0 Å². The van der Waals surface area contributed by atoms with E-state index in [0.29, 0.717) is 5.11 Å². The summed E-state index contributed by atoms with van der Waals surface area (Å²) in [7, 11) is 0. The van der Waals surface area contributed by atoms with Gasteiger partial charge in [-0.2, -0.15) is 5.10 Å². The number of nitrogens with zero attached hydrogens (tertiary/aromatic N) is 2. The smallest absolute Gasteiger partial charge is 0.191 e. The summed E-state index contributed by atoms with van der Waals surface area (Å²) in [6, 6.07) is 12.7. The van der Waals surface area contributed by atoms with Gasteiger partial charge < -0.3 is 9.88 Å². The molecule has 0 saturated carbocycles. The minimum absolute atomic E-state index is 0.0924. The molecule has 150 valence electrons. The van der Waals surface area contributed by atoms with E-state index in [-0.39, 0.29) is 5.02 Å². The molecule has 29 heavy (non-hydrogen) atoms. The SMILES string of the molecule is Cc1cccc(NC(=S)N/N=C\c2cc(C)n(-c3ccc(F)c(Cl)c3)c2C)c1C. The summed E-state index contributed by atoms with van der Waals surface area (Å²) in [4.78, 5) is 0. The maximum atomic E-state index is 13.5. The van der Waals surface area contributed by atoms with Gasteiger partial charge >= 0.3 is 0 Å². The fraction of sp³-hybridized carbons (Fsp3) is 0.182. The summed E-state index contributed by atoms with van der Waals surface area (Å²) < 4.78 is 15.5. The topological polar surface area (TPSA) is 41.4 Å². The fourth-order valence-corrected chi connectivity index (χ4v) is 3.47. The third-order valence-electron chi connectivity index (χ3n) is 4.85. The first-order valence-electron chi connectivity index (χ1n) is 9.08. The lowest BCUT2D eigenvalue weighted by Crippen LogP contribution is -2.24. The van der Waals surface area contributed by atoms with Crippen LogP contribution in [0.3, 0.4) is 0 Å². The number of aryl methyl sites for hydroxylation is 2. The Morgan fingerprint density at radius 2 is 1.90 bits per heavy atom. The third-order valence-corrected chi connectivity index (χ3v) is 5.34. The average molecular weight is 429 g/mol. The maximum Gasteiger partial charge on any atom is 0.191 e. The fourth-order valence-electron chi connectivity index (χ4n) is 3.14. The highest BCUT2D eigenvalue weighted by Gasteiger charge is 2.11. The number of anilines is 1. The number of hydrogen-bond donors (Lipinski definition) is 2. The molecule has 0 aliphatic heterocycles. The summed E-state index contributed by atoms with van der Waals surface area (Å²) in [6.07, 6.45) is 1.71. The molecule has 0 bridgehead atoms. The Bertz CT molecular complexity index is 1100. The highest BCUT2D eigenvalue weighted by atomic mass is 35.5. The number of thiocarbonyl (C=S) groups is 1. The molecule has 7 heteroatoms. The summed E-state index contributed by atoms with van der Waals surface area (Å²) in [6.45, 7) is 8.04. The molecule has 1 aromatic heterocycles. The van der Waals surface area contributed by atoms with Gasteiger partial charge in [-0.3, -0.25) is 5.43 Å². The lowest BCUT2D eigenvalue weighted by molar-refractivity contribution is 0.627. The van der Waals surface area contributed by atoms with E-state index in [0.717, 1.165) is 33.9 Å². The van der Waals surface area contributed by atoms with Crippen molar-refractivity contribution in [2.45, 2.75) is 27.7 Å². The van der Waals surface area contributed by atoms with Crippen LogP contribution in [-0.4, -0.2) is 15.9 Å². The molecule has 2 aromatic carbocycles. The van der Waals surface area contributed by atoms with Gasteiger partial charge in [-0.25, -0.2) is 4.39 Å². The number of hydrogen-bond acceptors (Lipinski definition) is 2. The van der Waals surface area contributed by atoms with Gasteiger partial charge in [0.1, 0.15) is 5.82 Å². The zero-order valence-corrected chi connectivity index (χ0v) is 18.2. The van der Waals surface area contributed by atoms with Crippen LogP contribution < -0.4 is 10.7 Å². The van der Waals surface area contributed by atoms with Crippen LogP contribution in [-0.2, 0) is 0 Å². The summed E-state index contributed by atoms with van der Waals surface area (Å²) in [5.74, 6) is -0.436. The van der Waals surface area contributed by atoms with E-state index < -0.39 is 5.82 Å². The summed E-state index contributed by atoms with van der Waals surface area (Å²) >= 11 is 11.3. The molecule has 4 nitrogen and oxygen atoms in total. The molecule has 3 aromatic rings. The van der Waals surface area contributed by atoms with Gasteiger partial charge in [0.25, 0.3) is 0 Å². The monoisotopic (exact) mass is 428 g/mol. The van der Waals surface area contributed by atoms with Crippen molar-refractivity contribution in [3.8, 4) is 5.69 Å². The van der Waals surface area contributed by atoms with Crippen LogP contribution in [0.1, 0.15) is 28.1 Å². The van der Waals surface area contributed by atoms with Gasteiger partial charge in [0.2, 0.25) is 0 Å².